The molecule has 2 aromatic rings. The number of carbonyl (C=O) groups excluding carboxylic acids is 2. The second-order valence-corrected chi connectivity index (χ2v) is 6.12. The summed E-state index contributed by atoms with van der Waals surface area (Å²) in [7, 11) is 0. The maximum atomic E-state index is 12.0. The highest BCUT2D eigenvalue weighted by Gasteiger charge is 2.29. The summed E-state index contributed by atoms with van der Waals surface area (Å²) in [4.78, 5) is 23.7. The lowest BCUT2D eigenvalue weighted by molar-refractivity contribution is -0.117. The van der Waals surface area contributed by atoms with Crippen molar-refractivity contribution < 1.29 is 9.59 Å². The molecule has 0 aromatic heterocycles. The summed E-state index contributed by atoms with van der Waals surface area (Å²) in [5.74, 6) is -0.0514. The van der Waals surface area contributed by atoms with Crippen LogP contribution in [0, 0.1) is 5.92 Å². The lowest BCUT2D eigenvalue weighted by atomic mass is 10.1. The van der Waals surface area contributed by atoms with E-state index in [1.54, 1.807) is 30.5 Å². The maximum absolute atomic E-state index is 12.0. The van der Waals surface area contributed by atoms with Gasteiger partial charge in [0, 0.05) is 23.4 Å². The molecule has 1 aliphatic carbocycles. The summed E-state index contributed by atoms with van der Waals surface area (Å²) in [6.07, 6.45) is 5.28. The normalized spacial score (nSPS) is 13.6. The molecule has 0 unspecified atom stereocenters. The summed E-state index contributed by atoms with van der Waals surface area (Å²) in [5, 5.41) is 6.82. The van der Waals surface area contributed by atoms with Crippen molar-refractivity contribution in [1.82, 2.24) is 5.43 Å². The van der Waals surface area contributed by atoms with Crippen molar-refractivity contribution in [2.45, 2.75) is 25.7 Å². The zero-order valence-corrected chi connectivity index (χ0v) is 13.9. The number of rotatable bonds is 7. The monoisotopic (exact) mass is 335 g/mol. The van der Waals surface area contributed by atoms with E-state index in [9.17, 15) is 9.59 Å². The molecule has 5 nitrogen and oxygen atoms in total. The summed E-state index contributed by atoms with van der Waals surface area (Å²) in [5.41, 5.74) is 4.97. The van der Waals surface area contributed by atoms with E-state index in [1.165, 1.54) is 5.56 Å². The molecule has 2 N–H and O–H groups in total. The molecule has 0 heterocycles. The summed E-state index contributed by atoms with van der Waals surface area (Å²) in [6.45, 7) is 0. The van der Waals surface area contributed by atoms with Crippen LogP contribution in [0.15, 0.2) is 59.7 Å². The lowest BCUT2D eigenvalue weighted by Crippen LogP contribution is -2.18. The first-order valence-electron chi connectivity index (χ1n) is 8.49. The topological polar surface area (TPSA) is 70.6 Å². The summed E-state index contributed by atoms with van der Waals surface area (Å²) >= 11 is 0. The van der Waals surface area contributed by atoms with Crippen LogP contribution in [0.4, 0.5) is 5.69 Å². The molecule has 1 saturated carbocycles. The van der Waals surface area contributed by atoms with Crippen molar-refractivity contribution in [3.8, 4) is 0 Å². The third-order valence-electron chi connectivity index (χ3n) is 4.03. The number of hydrogen-bond donors (Lipinski definition) is 2. The van der Waals surface area contributed by atoms with Crippen molar-refractivity contribution in [2.75, 3.05) is 5.32 Å². The fourth-order valence-electron chi connectivity index (χ4n) is 2.40. The Bertz CT molecular complexity index is 750. The number of benzene rings is 2. The van der Waals surface area contributed by atoms with Gasteiger partial charge >= 0.3 is 0 Å². The van der Waals surface area contributed by atoms with Crippen LogP contribution in [-0.4, -0.2) is 18.0 Å². The molecule has 1 fully saturated rings. The van der Waals surface area contributed by atoms with E-state index in [0.29, 0.717) is 11.3 Å². The van der Waals surface area contributed by atoms with Gasteiger partial charge in [0.15, 0.2) is 0 Å². The summed E-state index contributed by atoms with van der Waals surface area (Å²) in [6, 6.07) is 16.9. The van der Waals surface area contributed by atoms with Crippen LogP contribution in [0.3, 0.4) is 0 Å². The third-order valence-corrected chi connectivity index (χ3v) is 4.03. The van der Waals surface area contributed by atoms with Crippen LogP contribution in [0.5, 0.6) is 0 Å². The van der Waals surface area contributed by atoms with Crippen LogP contribution in [0.2, 0.25) is 0 Å². The Hall–Kier alpha value is -2.95. The number of nitrogens with zero attached hydrogens (tertiary/aromatic N) is 1. The molecule has 0 bridgehead atoms. The molecule has 0 radical (unpaired) electrons. The minimum Gasteiger partial charge on any atom is -0.326 e. The van der Waals surface area contributed by atoms with Gasteiger partial charge in [0.2, 0.25) is 5.91 Å². The van der Waals surface area contributed by atoms with E-state index in [2.05, 4.69) is 28.0 Å². The average Bonchev–Trinajstić information content (AvgIpc) is 3.48. The van der Waals surface area contributed by atoms with Crippen LogP contribution in [-0.2, 0) is 11.2 Å². The minimum atomic E-state index is -0.268. The molecule has 2 amide bonds. The number of anilines is 1. The second-order valence-electron chi connectivity index (χ2n) is 6.12. The number of carbonyl (C=O) groups is 2. The van der Waals surface area contributed by atoms with Gasteiger partial charge in [-0.15, -0.1) is 0 Å². The van der Waals surface area contributed by atoms with Gasteiger partial charge in [0.1, 0.15) is 0 Å². The highest BCUT2D eigenvalue weighted by molar-refractivity contribution is 5.96. The van der Waals surface area contributed by atoms with E-state index in [0.717, 1.165) is 25.7 Å². The second kappa shape index (κ2) is 8.24. The number of nitrogens with one attached hydrogen (secondary N) is 2. The fraction of sp³-hybridized carbons (Fsp3) is 0.250. The highest BCUT2D eigenvalue weighted by atomic mass is 16.2. The third kappa shape index (κ3) is 5.28. The Labute approximate surface area is 147 Å². The zero-order chi connectivity index (χ0) is 17.5. The number of hydrazone groups is 1. The predicted octanol–water partition coefficient (Wildman–Crippen LogP) is 3.38. The SMILES string of the molecule is O=C(NN=CCCc1ccccc1)c1ccc(NC(=O)C2CC2)cc1. The Morgan fingerprint density at radius 3 is 2.44 bits per heavy atom. The van der Waals surface area contributed by atoms with E-state index < -0.39 is 0 Å². The van der Waals surface area contributed by atoms with Gasteiger partial charge in [-0.2, -0.15) is 5.10 Å². The molecule has 5 heteroatoms. The van der Waals surface area contributed by atoms with Crippen LogP contribution < -0.4 is 10.7 Å². The van der Waals surface area contributed by atoms with Gasteiger partial charge in [-0.1, -0.05) is 30.3 Å². The summed E-state index contributed by atoms with van der Waals surface area (Å²) < 4.78 is 0. The van der Waals surface area contributed by atoms with Crippen molar-refractivity contribution in [1.29, 1.82) is 0 Å². The molecule has 0 aliphatic heterocycles. The van der Waals surface area contributed by atoms with Gasteiger partial charge in [0.05, 0.1) is 0 Å². The van der Waals surface area contributed by atoms with Gasteiger partial charge in [0.25, 0.3) is 5.91 Å². The Kier molecular flexibility index (Phi) is 5.57. The molecule has 25 heavy (non-hydrogen) atoms. The van der Waals surface area contributed by atoms with E-state index in [4.69, 9.17) is 0 Å². The van der Waals surface area contributed by atoms with E-state index in [1.807, 2.05) is 18.2 Å². The molecule has 0 saturated heterocycles. The van der Waals surface area contributed by atoms with Gasteiger partial charge in [-0.3, -0.25) is 9.59 Å². The van der Waals surface area contributed by atoms with Crippen molar-refractivity contribution in [2.24, 2.45) is 11.0 Å². The largest absolute Gasteiger partial charge is 0.326 e. The van der Waals surface area contributed by atoms with Crippen LogP contribution in [0.1, 0.15) is 35.2 Å². The number of amides is 2. The van der Waals surface area contributed by atoms with Crippen molar-refractivity contribution >= 4 is 23.7 Å². The fourth-order valence-corrected chi connectivity index (χ4v) is 2.40. The van der Waals surface area contributed by atoms with E-state index in [-0.39, 0.29) is 17.7 Å². The Morgan fingerprint density at radius 2 is 1.76 bits per heavy atom. The predicted molar refractivity (Wildman–Crippen MR) is 98.5 cm³/mol. The first kappa shape index (κ1) is 16.9. The zero-order valence-electron chi connectivity index (χ0n) is 13.9. The Balaban J connectivity index is 1.42. The molecule has 1 aliphatic rings. The molecule has 3 rings (SSSR count). The van der Waals surface area contributed by atoms with Gasteiger partial charge < -0.3 is 5.32 Å². The number of aryl methyl sites for hydroxylation is 1. The van der Waals surface area contributed by atoms with Crippen molar-refractivity contribution in [3.63, 3.8) is 0 Å². The van der Waals surface area contributed by atoms with Gasteiger partial charge in [-0.25, -0.2) is 5.43 Å². The van der Waals surface area contributed by atoms with Crippen LogP contribution in [0.25, 0.3) is 0 Å². The molecular weight excluding hydrogens is 314 g/mol. The first-order valence-corrected chi connectivity index (χ1v) is 8.49. The minimum absolute atomic E-state index is 0.0558. The quantitative estimate of drug-likeness (QED) is 0.601. The standard InChI is InChI=1S/C20H21N3O2/c24-19(16-8-9-16)22-18-12-10-17(11-13-18)20(25)23-21-14-4-7-15-5-2-1-3-6-15/h1-3,5-6,10-14,16H,4,7-9H2,(H,22,24)(H,23,25). The Morgan fingerprint density at radius 1 is 1.04 bits per heavy atom. The van der Waals surface area contributed by atoms with Crippen molar-refractivity contribution in [3.05, 3.63) is 65.7 Å². The van der Waals surface area contributed by atoms with Gasteiger partial charge in [-0.05, 0) is 55.5 Å². The molecule has 128 valence electrons. The van der Waals surface area contributed by atoms with E-state index >= 15 is 0 Å². The lowest BCUT2D eigenvalue weighted by Gasteiger charge is -2.05. The average molecular weight is 335 g/mol. The molecule has 0 spiro atoms. The highest BCUT2D eigenvalue weighted by Crippen LogP contribution is 2.30. The maximum Gasteiger partial charge on any atom is 0.271 e. The number of hydrogen-bond acceptors (Lipinski definition) is 3. The molecule has 0 atom stereocenters. The smallest absolute Gasteiger partial charge is 0.271 e. The first-order chi connectivity index (χ1) is 12.2. The molecular formula is C20H21N3O2. The van der Waals surface area contributed by atoms with Crippen LogP contribution >= 0.6 is 0 Å². The molecule has 2 aromatic carbocycles.